The molecule has 2 N–H and O–H groups in total. The standard InChI is InChI=1S/C20H22N4O4/c25-20(14-1-8-18(21-15-2-3-15)19(13-14)24(26)27)22-16-4-6-17(7-5-16)23-9-11-28-12-10-23/h1,4-8,13,15,21H,2-3,9-12H2,(H,22,25). The highest BCUT2D eigenvalue weighted by Gasteiger charge is 2.25. The fourth-order valence-electron chi connectivity index (χ4n) is 3.17. The summed E-state index contributed by atoms with van der Waals surface area (Å²) in [6, 6.07) is 12.4. The number of amides is 1. The molecule has 2 fully saturated rings. The highest BCUT2D eigenvalue weighted by molar-refractivity contribution is 6.05. The molecule has 28 heavy (non-hydrogen) atoms. The zero-order valence-corrected chi connectivity index (χ0v) is 15.4. The SMILES string of the molecule is O=C(Nc1ccc(N2CCOCC2)cc1)c1ccc(NC2CC2)c([N+](=O)[O-])c1. The van der Waals surface area contributed by atoms with Crippen LogP contribution >= 0.6 is 0 Å². The summed E-state index contributed by atoms with van der Waals surface area (Å²) in [7, 11) is 0. The van der Waals surface area contributed by atoms with Gasteiger partial charge in [0.25, 0.3) is 11.6 Å². The number of anilines is 3. The predicted octanol–water partition coefficient (Wildman–Crippen LogP) is 3.26. The Morgan fingerprint density at radius 1 is 1.11 bits per heavy atom. The minimum absolute atomic E-state index is 0.0813. The minimum atomic E-state index is -0.460. The molecule has 0 bridgehead atoms. The number of nitrogens with zero attached hydrogens (tertiary/aromatic N) is 2. The molecule has 1 aliphatic carbocycles. The van der Waals surface area contributed by atoms with E-state index >= 15 is 0 Å². The van der Waals surface area contributed by atoms with Crippen LogP contribution in [0.3, 0.4) is 0 Å². The molecular formula is C20H22N4O4. The van der Waals surface area contributed by atoms with E-state index in [1.807, 2.05) is 24.3 Å². The molecule has 0 unspecified atom stereocenters. The second kappa shape index (κ2) is 7.85. The van der Waals surface area contributed by atoms with Gasteiger partial charge in [-0.1, -0.05) is 0 Å². The molecule has 1 saturated heterocycles. The van der Waals surface area contributed by atoms with Crippen LogP contribution in [0.15, 0.2) is 42.5 Å². The summed E-state index contributed by atoms with van der Waals surface area (Å²) in [5.74, 6) is -0.375. The van der Waals surface area contributed by atoms with E-state index < -0.39 is 4.92 Å². The lowest BCUT2D eigenvalue weighted by Crippen LogP contribution is -2.36. The van der Waals surface area contributed by atoms with Gasteiger partial charge in [0.15, 0.2) is 0 Å². The largest absolute Gasteiger partial charge is 0.378 e. The maximum absolute atomic E-state index is 12.5. The second-order valence-electron chi connectivity index (χ2n) is 7.01. The number of ether oxygens (including phenoxy) is 1. The molecule has 146 valence electrons. The van der Waals surface area contributed by atoms with Crippen molar-refractivity contribution in [3.63, 3.8) is 0 Å². The second-order valence-corrected chi connectivity index (χ2v) is 7.01. The van der Waals surface area contributed by atoms with Gasteiger partial charge in [-0.25, -0.2) is 0 Å². The first-order valence-electron chi connectivity index (χ1n) is 9.39. The molecule has 0 atom stereocenters. The van der Waals surface area contributed by atoms with Gasteiger partial charge in [0.1, 0.15) is 5.69 Å². The van der Waals surface area contributed by atoms with Gasteiger partial charge in [0.2, 0.25) is 0 Å². The Labute approximate surface area is 162 Å². The van der Waals surface area contributed by atoms with E-state index in [2.05, 4.69) is 15.5 Å². The number of hydrogen-bond donors (Lipinski definition) is 2. The monoisotopic (exact) mass is 382 g/mol. The number of nitrogens with one attached hydrogen (secondary N) is 2. The van der Waals surface area contributed by atoms with Crippen LogP contribution in [0, 0.1) is 10.1 Å². The maximum Gasteiger partial charge on any atom is 0.293 e. The maximum atomic E-state index is 12.5. The Morgan fingerprint density at radius 2 is 1.82 bits per heavy atom. The quantitative estimate of drug-likeness (QED) is 0.588. The minimum Gasteiger partial charge on any atom is -0.378 e. The summed E-state index contributed by atoms with van der Waals surface area (Å²) >= 11 is 0. The van der Waals surface area contributed by atoms with E-state index in [0.717, 1.165) is 31.6 Å². The van der Waals surface area contributed by atoms with Crippen molar-refractivity contribution < 1.29 is 14.5 Å². The number of benzene rings is 2. The molecule has 8 nitrogen and oxygen atoms in total. The van der Waals surface area contributed by atoms with Crippen LogP contribution in [0.4, 0.5) is 22.7 Å². The van der Waals surface area contributed by atoms with Crippen LogP contribution in [-0.4, -0.2) is 43.2 Å². The number of carbonyl (C=O) groups is 1. The molecule has 2 aromatic rings. The van der Waals surface area contributed by atoms with Gasteiger partial charge in [-0.15, -0.1) is 0 Å². The van der Waals surface area contributed by atoms with Crippen LogP contribution in [-0.2, 0) is 4.74 Å². The number of rotatable bonds is 6. The Morgan fingerprint density at radius 3 is 2.46 bits per heavy atom. The third-order valence-electron chi connectivity index (χ3n) is 4.89. The van der Waals surface area contributed by atoms with Gasteiger partial charge in [0, 0.05) is 42.1 Å². The Balaban J connectivity index is 1.45. The smallest absolute Gasteiger partial charge is 0.293 e. The van der Waals surface area contributed by atoms with Gasteiger partial charge < -0.3 is 20.3 Å². The number of nitro groups is 1. The summed E-state index contributed by atoms with van der Waals surface area (Å²) in [6.07, 6.45) is 2.03. The van der Waals surface area contributed by atoms with E-state index in [-0.39, 0.29) is 17.2 Å². The van der Waals surface area contributed by atoms with E-state index in [9.17, 15) is 14.9 Å². The molecule has 0 spiro atoms. The first-order valence-corrected chi connectivity index (χ1v) is 9.39. The Bertz CT molecular complexity index is 874. The summed E-state index contributed by atoms with van der Waals surface area (Å²) in [6.45, 7) is 3.11. The highest BCUT2D eigenvalue weighted by atomic mass is 16.6. The van der Waals surface area contributed by atoms with E-state index in [0.29, 0.717) is 30.6 Å². The molecule has 8 heteroatoms. The number of morpholine rings is 1. The highest BCUT2D eigenvalue weighted by Crippen LogP contribution is 2.31. The average Bonchev–Trinajstić information content (AvgIpc) is 3.53. The van der Waals surface area contributed by atoms with Gasteiger partial charge in [-0.2, -0.15) is 0 Å². The van der Waals surface area contributed by atoms with E-state index in [1.54, 1.807) is 12.1 Å². The molecule has 1 aliphatic heterocycles. The molecule has 0 aromatic heterocycles. The van der Waals surface area contributed by atoms with Crippen LogP contribution in [0.1, 0.15) is 23.2 Å². The van der Waals surface area contributed by atoms with Crippen molar-refractivity contribution in [2.45, 2.75) is 18.9 Å². The van der Waals surface area contributed by atoms with Gasteiger partial charge in [-0.3, -0.25) is 14.9 Å². The van der Waals surface area contributed by atoms with Crippen molar-refractivity contribution in [3.8, 4) is 0 Å². The van der Waals surface area contributed by atoms with Crippen molar-refractivity contribution in [2.75, 3.05) is 41.8 Å². The van der Waals surface area contributed by atoms with Crippen LogP contribution in [0.2, 0.25) is 0 Å². The third kappa shape index (κ3) is 4.23. The number of nitro benzene ring substituents is 1. The normalized spacial score (nSPS) is 16.5. The lowest BCUT2D eigenvalue weighted by atomic mass is 10.1. The van der Waals surface area contributed by atoms with Crippen molar-refractivity contribution in [3.05, 3.63) is 58.1 Å². The first kappa shape index (κ1) is 18.2. The summed E-state index contributed by atoms with van der Waals surface area (Å²) in [5, 5.41) is 17.3. The molecule has 4 rings (SSSR count). The number of carbonyl (C=O) groups excluding carboxylic acids is 1. The summed E-state index contributed by atoms with van der Waals surface area (Å²) in [5.41, 5.74) is 2.35. The molecule has 1 amide bonds. The van der Waals surface area contributed by atoms with Crippen molar-refractivity contribution in [2.24, 2.45) is 0 Å². The summed E-state index contributed by atoms with van der Waals surface area (Å²) < 4.78 is 5.35. The fourth-order valence-corrected chi connectivity index (χ4v) is 3.17. The van der Waals surface area contributed by atoms with Gasteiger partial charge in [-0.05, 0) is 49.2 Å². The number of hydrogen-bond acceptors (Lipinski definition) is 6. The molecule has 0 radical (unpaired) electrons. The predicted molar refractivity (Wildman–Crippen MR) is 107 cm³/mol. The molecule has 1 saturated carbocycles. The first-order chi connectivity index (χ1) is 13.6. The van der Waals surface area contributed by atoms with Crippen molar-refractivity contribution >= 4 is 28.7 Å². The topological polar surface area (TPSA) is 96.7 Å². The van der Waals surface area contributed by atoms with Crippen LogP contribution in [0.25, 0.3) is 0 Å². The lowest BCUT2D eigenvalue weighted by molar-refractivity contribution is -0.384. The average molecular weight is 382 g/mol. The van der Waals surface area contributed by atoms with Crippen molar-refractivity contribution in [1.82, 2.24) is 0 Å². The van der Waals surface area contributed by atoms with Gasteiger partial charge in [0.05, 0.1) is 18.1 Å². The zero-order valence-electron chi connectivity index (χ0n) is 15.4. The van der Waals surface area contributed by atoms with Gasteiger partial charge >= 0.3 is 0 Å². The fraction of sp³-hybridized carbons (Fsp3) is 0.350. The third-order valence-corrected chi connectivity index (χ3v) is 4.89. The van der Waals surface area contributed by atoms with Crippen LogP contribution < -0.4 is 15.5 Å². The molecular weight excluding hydrogens is 360 g/mol. The molecule has 2 aromatic carbocycles. The van der Waals surface area contributed by atoms with Crippen LogP contribution in [0.5, 0.6) is 0 Å². The Kier molecular flexibility index (Phi) is 5.12. The zero-order chi connectivity index (χ0) is 19.5. The lowest BCUT2D eigenvalue weighted by Gasteiger charge is -2.28. The molecule has 1 heterocycles. The van der Waals surface area contributed by atoms with Crippen molar-refractivity contribution in [1.29, 1.82) is 0 Å². The Hall–Kier alpha value is -3.13. The molecule has 2 aliphatic rings. The van der Waals surface area contributed by atoms with E-state index in [1.165, 1.54) is 6.07 Å². The van der Waals surface area contributed by atoms with E-state index in [4.69, 9.17) is 4.74 Å². The summed E-state index contributed by atoms with van der Waals surface area (Å²) in [4.78, 5) is 25.7.